The zero-order valence-electron chi connectivity index (χ0n) is 16.7. The van der Waals surface area contributed by atoms with Crippen LogP contribution in [0.3, 0.4) is 0 Å². The third-order valence-electron chi connectivity index (χ3n) is 5.99. The predicted octanol–water partition coefficient (Wildman–Crippen LogP) is 6.70. The fourth-order valence-electron chi connectivity index (χ4n) is 4.29. The molecular weight excluding hydrogens is 352 g/mol. The molecule has 0 saturated heterocycles. The minimum Gasteiger partial charge on any atom is -0.207 e. The molecule has 0 radical (unpaired) electrons. The number of halogens is 2. The second kappa shape index (κ2) is 9.82. The number of fused-ring (bicyclic) bond motifs is 1. The Labute approximate surface area is 167 Å². The second-order valence-corrected chi connectivity index (χ2v) is 8.09. The van der Waals surface area contributed by atoms with E-state index in [9.17, 15) is 8.78 Å². The van der Waals surface area contributed by atoms with E-state index in [1.807, 2.05) is 18.2 Å². The van der Waals surface area contributed by atoms with Gasteiger partial charge in [-0.2, -0.15) is 5.26 Å². The van der Waals surface area contributed by atoms with Crippen LogP contribution in [0.4, 0.5) is 8.78 Å². The molecule has 1 atom stereocenters. The van der Waals surface area contributed by atoms with Crippen molar-refractivity contribution in [2.24, 2.45) is 5.92 Å². The van der Waals surface area contributed by atoms with E-state index in [0.717, 1.165) is 56.9 Å². The number of rotatable bonds is 8. The summed E-state index contributed by atoms with van der Waals surface area (Å²) in [7, 11) is 0. The van der Waals surface area contributed by atoms with Crippen molar-refractivity contribution in [1.29, 1.82) is 5.26 Å². The Hall–Kier alpha value is -2.21. The molecule has 0 saturated carbocycles. The van der Waals surface area contributed by atoms with E-state index >= 15 is 0 Å². The molecule has 28 heavy (non-hydrogen) atoms. The molecule has 3 heteroatoms. The van der Waals surface area contributed by atoms with Gasteiger partial charge in [-0.05, 0) is 91.8 Å². The molecule has 0 spiro atoms. The highest BCUT2D eigenvalue weighted by Crippen LogP contribution is 2.30. The molecule has 1 unspecified atom stereocenters. The molecule has 148 valence electrons. The van der Waals surface area contributed by atoms with E-state index in [-0.39, 0.29) is 17.2 Å². The van der Waals surface area contributed by atoms with Crippen LogP contribution in [0.2, 0.25) is 0 Å². The van der Waals surface area contributed by atoms with Gasteiger partial charge in [0.1, 0.15) is 11.6 Å². The van der Waals surface area contributed by atoms with E-state index in [1.165, 1.54) is 29.7 Å². The molecule has 1 aliphatic carbocycles. The van der Waals surface area contributed by atoms with Crippen LogP contribution in [-0.4, -0.2) is 0 Å². The first-order valence-electron chi connectivity index (χ1n) is 10.6. The van der Waals surface area contributed by atoms with Gasteiger partial charge in [0.15, 0.2) is 0 Å². The maximum absolute atomic E-state index is 14.5. The van der Waals surface area contributed by atoms with E-state index < -0.39 is 0 Å². The fraction of sp³-hybridized carbons (Fsp3) is 0.480. The quantitative estimate of drug-likeness (QED) is 0.467. The summed E-state index contributed by atoms with van der Waals surface area (Å²) in [6, 6.07) is 11.1. The Morgan fingerprint density at radius 2 is 1.79 bits per heavy atom. The molecular formula is C25H29F2N. The summed E-state index contributed by atoms with van der Waals surface area (Å²) in [6.45, 7) is 2.16. The lowest BCUT2D eigenvalue weighted by Gasteiger charge is -2.25. The van der Waals surface area contributed by atoms with Crippen molar-refractivity contribution in [3.8, 4) is 6.07 Å². The standard InChI is InChI=1S/C25H29F2N/c1-2-3-4-5-6-19-15-24(26)23(25(27)16-19)12-9-18-7-10-22-14-20(17-28)8-11-21(22)13-18/h8,11,14-16,18H,2-7,9-10,12-13H2,1H3. The van der Waals surface area contributed by atoms with Gasteiger partial charge in [-0.25, -0.2) is 8.78 Å². The minimum absolute atomic E-state index is 0.239. The van der Waals surface area contributed by atoms with Gasteiger partial charge < -0.3 is 0 Å². The average Bonchev–Trinajstić information content (AvgIpc) is 2.70. The van der Waals surface area contributed by atoms with E-state index in [2.05, 4.69) is 13.0 Å². The Kier molecular flexibility index (Phi) is 7.20. The Morgan fingerprint density at radius 1 is 1.00 bits per heavy atom. The molecule has 3 rings (SSSR count). The second-order valence-electron chi connectivity index (χ2n) is 8.09. The average molecular weight is 382 g/mol. The Morgan fingerprint density at radius 3 is 2.50 bits per heavy atom. The lowest BCUT2D eigenvalue weighted by atomic mass is 9.80. The molecule has 0 heterocycles. The Balaban J connectivity index is 1.58. The third-order valence-corrected chi connectivity index (χ3v) is 5.99. The zero-order valence-corrected chi connectivity index (χ0v) is 16.7. The topological polar surface area (TPSA) is 23.8 Å². The van der Waals surface area contributed by atoms with Crippen LogP contribution in [0.25, 0.3) is 0 Å². The van der Waals surface area contributed by atoms with Crippen molar-refractivity contribution < 1.29 is 8.78 Å². The van der Waals surface area contributed by atoms with Gasteiger partial charge in [0, 0.05) is 5.56 Å². The summed E-state index contributed by atoms with van der Waals surface area (Å²) < 4.78 is 29.0. The van der Waals surface area contributed by atoms with Gasteiger partial charge in [-0.1, -0.05) is 32.3 Å². The summed E-state index contributed by atoms with van der Waals surface area (Å²) in [6.07, 6.45) is 9.31. The highest BCUT2D eigenvalue weighted by Gasteiger charge is 2.20. The highest BCUT2D eigenvalue weighted by molar-refractivity contribution is 5.39. The third kappa shape index (κ3) is 5.19. The van der Waals surface area contributed by atoms with Crippen LogP contribution in [0, 0.1) is 28.9 Å². The van der Waals surface area contributed by atoms with Crippen LogP contribution < -0.4 is 0 Å². The molecule has 0 fully saturated rings. The lowest BCUT2D eigenvalue weighted by molar-refractivity contribution is 0.418. The number of benzene rings is 2. The van der Waals surface area contributed by atoms with E-state index in [4.69, 9.17) is 5.26 Å². The maximum Gasteiger partial charge on any atom is 0.129 e. The first kappa shape index (κ1) is 20.5. The summed E-state index contributed by atoms with van der Waals surface area (Å²) in [5, 5.41) is 9.02. The first-order valence-corrected chi connectivity index (χ1v) is 10.6. The van der Waals surface area contributed by atoms with E-state index in [0.29, 0.717) is 17.9 Å². The van der Waals surface area contributed by atoms with Crippen LogP contribution in [0.1, 0.15) is 73.3 Å². The summed E-state index contributed by atoms with van der Waals surface area (Å²) in [5.41, 5.74) is 4.24. The van der Waals surface area contributed by atoms with Crippen LogP contribution in [-0.2, 0) is 25.7 Å². The number of hydrogen-bond donors (Lipinski definition) is 0. The fourth-order valence-corrected chi connectivity index (χ4v) is 4.29. The minimum atomic E-state index is -0.389. The molecule has 0 N–H and O–H groups in total. The predicted molar refractivity (Wildman–Crippen MR) is 109 cm³/mol. The molecule has 0 aliphatic heterocycles. The van der Waals surface area contributed by atoms with Crippen molar-refractivity contribution in [2.45, 2.75) is 71.1 Å². The lowest BCUT2D eigenvalue weighted by Crippen LogP contribution is -2.15. The monoisotopic (exact) mass is 381 g/mol. The van der Waals surface area contributed by atoms with Gasteiger partial charge in [0.25, 0.3) is 0 Å². The molecule has 0 bridgehead atoms. The molecule has 2 aromatic rings. The van der Waals surface area contributed by atoms with Crippen molar-refractivity contribution in [2.75, 3.05) is 0 Å². The largest absolute Gasteiger partial charge is 0.207 e. The summed E-state index contributed by atoms with van der Waals surface area (Å²) in [4.78, 5) is 0. The molecule has 0 aromatic heterocycles. The van der Waals surface area contributed by atoms with Crippen LogP contribution in [0.15, 0.2) is 30.3 Å². The SMILES string of the molecule is CCCCCCc1cc(F)c(CCC2CCc3cc(C#N)ccc3C2)c(F)c1. The molecule has 2 aromatic carbocycles. The van der Waals surface area contributed by atoms with Crippen molar-refractivity contribution >= 4 is 0 Å². The summed E-state index contributed by atoms with van der Waals surface area (Å²) in [5.74, 6) is -0.339. The van der Waals surface area contributed by atoms with Crippen molar-refractivity contribution in [3.05, 3.63) is 69.8 Å². The number of aryl methyl sites for hydroxylation is 2. The van der Waals surface area contributed by atoms with Gasteiger partial charge in [0.2, 0.25) is 0 Å². The first-order chi connectivity index (χ1) is 13.6. The highest BCUT2D eigenvalue weighted by atomic mass is 19.1. The van der Waals surface area contributed by atoms with Gasteiger partial charge >= 0.3 is 0 Å². The molecule has 1 nitrogen and oxygen atoms in total. The van der Waals surface area contributed by atoms with Gasteiger partial charge in [0.05, 0.1) is 11.6 Å². The van der Waals surface area contributed by atoms with Crippen molar-refractivity contribution in [3.63, 3.8) is 0 Å². The smallest absolute Gasteiger partial charge is 0.129 e. The van der Waals surface area contributed by atoms with Gasteiger partial charge in [-0.15, -0.1) is 0 Å². The Bertz CT molecular complexity index is 827. The molecule has 1 aliphatic rings. The van der Waals surface area contributed by atoms with Crippen LogP contribution >= 0.6 is 0 Å². The molecule has 0 amide bonds. The summed E-state index contributed by atoms with van der Waals surface area (Å²) >= 11 is 0. The van der Waals surface area contributed by atoms with Crippen molar-refractivity contribution in [1.82, 2.24) is 0 Å². The normalized spacial score (nSPS) is 15.9. The number of nitrogens with zero attached hydrogens (tertiary/aromatic N) is 1. The number of hydrogen-bond acceptors (Lipinski definition) is 1. The van der Waals surface area contributed by atoms with E-state index in [1.54, 1.807) is 0 Å². The number of nitriles is 1. The van der Waals surface area contributed by atoms with Crippen LogP contribution in [0.5, 0.6) is 0 Å². The zero-order chi connectivity index (χ0) is 19.9. The van der Waals surface area contributed by atoms with Gasteiger partial charge in [-0.3, -0.25) is 0 Å². The number of unbranched alkanes of at least 4 members (excludes halogenated alkanes) is 3. The maximum atomic E-state index is 14.5.